The van der Waals surface area contributed by atoms with Gasteiger partial charge in [0.1, 0.15) is 6.61 Å². The lowest BCUT2D eigenvalue weighted by Crippen LogP contribution is -2.12. The molecule has 26 heavy (non-hydrogen) atoms. The molecule has 1 atom stereocenters. The Kier molecular flexibility index (Phi) is 6.12. The van der Waals surface area contributed by atoms with Gasteiger partial charge in [-0.15, -0.1) is 0 Å². The summed E-state index contributed by atoms with van der Waals surface area (Å²) in [5, 5.41) is 0. The fourth-order valence-corrected chi connectivity index (χ4v) is 3.30. The van der Waals surface area contributed by atoms with E-state index < -0.39 is 11.6 Å². The normalized spacial score (nSPS) is 14.5. The van der Waals surface area contributed by atoms with Crippen molar-refractivity contribution in [1.82, 2.24) is 0 Å². The van der Waals surface area contributed by atoms with E-state index >= 15 is 0 Å². The molecule has 0 amide bonds. The first-order valence-corrected chi connectivity index (χ1v) is 9.45. The van der Waals surface area contributed by atoms with Crippen LogP contribution in [0.3, 0.4) is 0 Å². The van der Waals surface area contributed by atoms with Gasteiger partial charge in [-0.1, -0.05) is 51.0 Å². The number of benzene rings is 2. The van der Waals surface area contributed by atoms with Crippen molar-refractivity contribution in [3.8, 4) is 11.5 Å². The SMILES string of the molecule is CCCCC(C)c1ccc(COc2cc3c(c(F)c2F)OCCC3)cc1. The van der Waals surface area contributed by atoms with Gasteiger partial charge in [-0.05, 0) is 42.4 Å². The zero-order valence-electron chi connectivity index (χ0n) is 15.5. The van der Waals surface area contributed by atoms with E-state index in [4.69, 9.17) is 9.47 Å². The second-order valence-electron chi connectivity index (χ2n) is 7.02. The first-order chi connectivity index (χ1) is 12.6. The van der Waals surface area contributed by atoms with Gasteiger partial charge < -0.3 is 9.47 Å². The summed E-state index contributed by atoms with van der Waals surface area (Å²) in [6.45, 7) is 5.06. The first-order valence-electron chi connectivity index (χ1n) is 9.45. The summed E-state index contributed by atoms with van der Waals surface area (Å²) in [5.41, 5.74) is 2.90. The summed E-state index contributed by atoms with van der Waals surface area (Å²) in [5.74, 6) is -1.41. The molecule has 0 radical (unpaired) electrons. The van der Waals surface area contributed by atoms with Crippen molar-refractivity contribution in [2.75, 3.05) is 6.61 Å². The minimum atomic E-state index is -0.976. The summed E-state index contributed by atoms with van der Waals surface area (Å²) >= 11 is 0. The maximum atomic E-state index is 14.2. The third kappa shape index (κ3) is 4.17. The molecule has 2 nitrogen and oxygen atoms in total. The van der Waals surface area contributed by atoms with Gasteiger partial charge in [-0.3, -0.25) is 0 Å². The van der Waals surface area contributed by atoms with Gasteiger partial charge >= 0.3 is 0 Å². The van der Waals surface area contributed by atoms with E-state index in [0.29, 0.717) is 24.5 Å². The number of hydrogen-bond donors (Lipinski definition) is 0. The highest BCUT2D eigenvalue weighted by Crippen LogP contribution is 2.35. The van der Waals surface area contributed by atoms with Crippen LogP contribution in [0.1, 0.15) is 62.1 Å². The molecular weight excluding hydrogens is 334 g/mol. The first kappa shape index (κ1) is 18.7. The molecule has 2 aromatic carbocycles. The predicted octanol–water partition coefficient (Wildman–Crippen LogP) is 6.16. The molecule has 0 spiro atoms. The number of halogens is 2. The number of ether oxygens (including phenoxy) is 2. The average Bonchev–Trinajstić information content (AvgIpc) is 2.68. The minimum absolute atomic E-state index is 0.0338. The Bertz CT molecular complexity index is 741. The van der Waals surface area contributed by atoms with Crippen LogP contribution in [0.5, 0.6) is 11.5 Å². The maximum absolute atomic E-state index is 14.2. The molecule has 1 heterocycles. The van der Waals surface area contributed by atoms with Crippen LogP contribution >= 0.6 is 0 Å². The van der Waals surface area contributed by atoms with E-state index in [-0.39, 0.29) is 18.1 Å². The number of hydrogen-bond acceptors (Lipinski definition) is 2. The van der Waals surface area contributed by atoms with Crippen molar-refractivity contribution >= 4 is 0 Å². The Morgan fingerprint density at radius 2 is 1.92 bits per heavy atom. The van der Waals surface area contributed by atoms with Crippen molar-refractivity contribution in [2.24, 2.45) is 0 Å². The Hall–Kier alpha value is -2.10. The summed E-state index contributed by atoms with van der Waals surface area (Å²) < 4.78 is 39.1. The zero-order valence-corrected chi connectivity index (χ0v) is 15.5. The molecule has 1 aliphatic rings. The average molecular weight is 360 g/mol. The van der Waals surface area contributed by atoms with Gasteiger partial charge in [0, 0.05) is 5.56 Å². The van der Waals surface area contributed by atoms with Crippen molar-refractivity contribution in [1.29, 1.82) is 0 Å². The summed E-state index contributed by atoms with van der Waals surface area (Å²) in [7, 11) is 0. The molecule has 0 fully saturated rings. The van der Waals surface area contributed by atoms with Crippen molar-refractivity contribution < 1.29 is 18.3 Å². The highest BCUT2D eigenvalue weighted by molar-refractivity contribution is 5.44. The number of unbranched alkanes of at least 4 members (excludes halogenated alkanes) is 1. The van der Waals surface area contributed by atoms with Crippen molar-refractivity contribution in [3.05, 3.63) is 58.7 Å². The maximum Gasteiger partial charge on any atom is 0.204 e. The van der Waals surface area contributed by atoms with Crippen molar-refractivity contribution in [3.63, 3.8) is 0 Å². The fraction of sp³-hybridized carbons (Fsp3) is 0.455. The molecule has 0 saturated heterocycles. The van der Waals surface area contributed by atoms with E-state index in [1.54, 1.807) is 6.07 Å². The quantitative estimate of drug-likeness (QED) is 0.588. The molecule has 140 valence electrons. The molecule has 0 saturated carbocycles. The van der Waals surface area contributed by atoms with Crippen molar-refractivity contribution in [2.45, 2.75) is 58.5 Å². The fourth-order valence-electron chi connectivity index (χ4n) is 3.30. The van der Waals surface area contributed by atoms with E-state index in [1.165, 1.54) is 24.8 Å². The van der Waals surface area contributed by atoms with Gasteiger partial charge in [0.15, 0.2) is 11.5 Å². The van der Waals surface area contributed by atoms with E-state index in [1.807, 2.05) is 12.1 Å². The molecule has 0 aromatic heterocycles. The lowest BCUT2D eigenvalue weighted by Gasteiger charge is -2.19. The van der Waals surface area contributed by atoms with E-state index in [0.717, 1.165) is 12.0 Å². The molecule has 0 N–H and O–H groups in total. The number of fused-ring (bicyclic) bond motifs is 1. The van der Waals surface area contributed by atoms with Crippen LogP contribution in [0, 0.1) is 11.6 Å². The largest absolute Gasteiger partial charge is 0.490 e. The summed E-state index contributed by atoms with van der Waals surface area (Å²) in [6.07, 6.45) is 5.07. The standard InChI is InChI=1S/C22H26F2O2/c1-3-4-6-15(2)17-10-8-16(9-11-17)14-26-19-13-18-7-5-12-25-22(18)21(24)20(19)23/h8-11,13,15H,3-7,12,14H2,1-2H3. The topological polar surface area (TPSA) is 18.5 Å². The van der Waals surface area contributed by atoms with Gasteiger partial charge in [-0.2, -0.15) is 8.78 Å². The van der Waals surface area contributed by atoms with Gasteiger partial charge in [-0.25, -0.2) is 0 Å². The minimum Gasteiger partial charge on any atom is -0.490 e. The summed E-state index contributed by atoms with van der Waals surface area (Å²) in [4.78, 5) is 0. The van der Waals surface area contributed by atoms with Gasteiger partial charge in [0.05, 0.1) is 6.61 Å². The third-order valence-corrected chi connectivity index (χ3v) is 4.98. The molecule has 4 heteroatoms. The van der Waals surface area contributed by atoms with Crippen LogP contribution in [0.15, 0.2) is 30.3 Å². The van der Waals surface area contributed by atoms with E-state index in [2.05, 4.69) is 26.0 Å². The Balaban J connectivity index is 1.66. The second kappa shape index (κ2) is 8.52. The van der Waals surface area contributed by atoms with Crippen LogP contribution in [-0.2, 0) is 13.0 Å². The highest BCUT2D eigenvalue weighted by Gasteiger charge is 2.23. The molecule has 0 bridgehead atoms. The zero-order chi connectivity index (χ0) is 18.5. The van der Waals surface area contributed by atoms with Gasteiger partial charge in [0.2, 0.25) is 11.6 Å². The lowest BCUT2D eigenvalue weighted by atomic mass is 9.95. The molecule has 2 aromatic rings. The van der Waals surface area contributed by atoms with Crippen LogP contribution < -0.4 is 9.47 Å². The second-order valence-corrected chi connectivity index (χ2v) is 7.02. The van der Waals surface area contributed by atoms with E-state index in [9.17, 15) is 8.78 Å². The number of rotatable bonds is 7. The number of aryl methyl sites for hydroxylation is 1. The molecular formula is C22H26F2O2. The molecule has 1 aliphatic heterocycles. The Morgan fingerprint density at radius 1 is 1.15 bits per heavy atom. The monoisotopic (exact) mass is 360 g/mol. The van der Waals surface area contributed by atoms with Crippen LogP contribution in [0.25, 0.3) is 0 Å². The van der Waals surface area contributed by atoms with Crippen LogP contribution in [0.4, 0.5) is 8.78 Å². The Labute approximate surface area is 154 Å². The molecule has 1 unspecified atom stereocenters. The van der Waals surface area contributed by atoms with Gasteiger partial charge in [0.25, 0.3) is 0 Å². The summed E-state index contributed by atoms with van der Waals surface area (Å²) in [6, 6.07) is 9.74. The van der Waals surface area contributed by atoms with Crippen LogP contribution in [-0.4, -0.2) is 6.61 Å². The lowest BCUT2D eigenvalue weighted by molar-refractivity contribution is 0.252. The van der Waals surface area contributed by atoms with Crippen LogP contribution in [0.2, 0.25) is 0 Å². The molecule has 0 aliphatic carbocycles. The third-order valence-electron chi connectivity index (χ3n) is 4.98. The smallest absolute Gasteiger partial charge is 0.204 e. The predicted molar refractivity (Wildman–Crippen MR) is 98.9 cm³/mol. The highest BCUT2D eigenvalue weighted by atomic mass is 19.2. The Morgan fingerprint density at radius 3 is 2.65 bits per heavy atom. The molecule has 3 rings (SSSR count).